The van der Waals surface area contributed by atoms with Crippen LogP contribution in [0.4, 0.5) is 0 Å². The second-order valence-corrected chi connectivity index (χ2v) is 6.33. The van der Waals surface area contributed by atoms with Gasteiger partial charge in [-0.05, 0) is 38.0 Å². The third-order valence-corrected chi connectivity index (χ3v) is 5.03. The molecule has 3 unspecified atom stereocenters. The van der Waals surface area contributed by atoms with Crippen molar-refractivity contribution in [2.45, 2.75) is 50.6 Å². The average Bonchev–Trinajstić information content (AvgIpc) is 3.00. The molecule has 3 rings (SSSR count). The minimum absolute atomic E-state index is 0.200. The van der Waals surface area contributed by atoms with Gasteiger partial charge in [-0.2, -0.15) is 0 Å². The average molecular weight is 265 g/mol. The normalized spacial score (nSPS) is 34.7. The first-order chi connectivity index (χ1) is 9.13. The van der Waals surface area contributed by atoms with Gasteiger partial charge in [0.2, 0.25) is 11.8 Å². The van der Waals surface area contributed by atoms with Gasteiger partial charge in [-0.25, -0.2) is 0 Å². The summed E-state index contributed by atoms with van der Waals surface area (Å²) in [6.07, 6.45) is 5.71. The Morgan fingerprint density at radius 2 is 1.89 bits per heavy atom. The highest BCUT2D eigenvalue weighted by atomic mass is 16.2. The first-order valence-electron chi connectivity index (χ1n) is 7.46. The summed E-state index contributed by atoms with van der Waals surface area (Å²) in [5, 5.41) is 3.52. The highest BCUT2D eigenvalue weighted by Crippen LogP contribution is 2.35. The summed E-state index contributed by atoms with van der Waals surface area (Å²) < 4.78 is 0. The minimum atomic E-state index is -0.220. The van der Waals surface area contributed by atoms with Crippen LogP contribution in [0.15, 0.2) is 0 Å². The van der Waals surface area contributed by atoms with E-state index in [1.165, 1.54) is 6.42 Å². The van der Waals surface area contributed by atoms with Crippen LogP contribution in [0.25, 0.3) is 0 Å². The Bertz CT molecular complexity index is 377. The van der Waals surface area contributed by atoms with Crippen LogP contribution in [0, 0.1) is 11.8 Å². The van der Waals surface area contributed by atoms with Crippen LogP contribution in [0.2, 0.25) is 0 Å². The standard InChI is InChI=1S/C14H23N3O2/c15-13(18)7-9-3-5-17(6-4-9)14(19)11-8-10-1-2-12(11)16-10/h9-12,16H,1-8H2,(H2,15,18). The molecule has 0 saturated carbocycles. The fourth-order valence-electron chi connectivity index (χ4n) is 3.97. The molecule has 0 aromatic rings. The lowest BCUT2D eigenvalue weighted by molar-refractivity contribution is -0.137. The molecule has 19 heavy (non-hydrogen) atoms. The molecule has 3 atom stereocenters. The number of amides is 2. The number of nitrogens with one attached hydrogen (secondary N) is 1. The molecule has 3 aliphatic rings. The van der Waals surface area contributed by atoms with Crippen molar-refractivity contribution in [3.05, 3.63) is 0 Å². The van der Waals surface area contributed by atoms with Crippen LogP contribution in [-0.2, 0) is 9.59 Å². The number of hydrogen-bond acceptors (Lipinski definition) is 3. The quantitative estimate of drug-likeness (QED) is 0.767. The maximum atomic E-state index is 12.5. The fraction of sp³-hybridized carbons (Fsp3) is 0.857. The largest absolute Gasteiger partial charge is 0.370 e. The maximum Gasteiger partial charge on any atom is 0.227 e. The third-order valence-electron chi connectivity index (χ3n) is 5.03. The Balaban J connectivity index is 1.51. The zero-order valence-electron chi connectivity index (χ0n) is 11.3. The molecule has 0 radical (unpaired) electrons. The second kappa shape index (κ2) is 5.12. The van der Waals surface area contributed by atoms with E-state index >= 15 is 0 Å². The molecule has 3 saturated heterocycles. The Morgan fingerprint density at radius 1 is 1.16 bits per heavy atom. The van der Waals surface area contributed by atoms with Gasteiger partial charge in [-0.3, -0.25) is 9.59 Å². The minimum Gasteiger partial charge on any atom is -0.370 e. The lowest BCUT2D eigenvalue weighted by Gasteiger charge is -2.34. The first-order valence-corrected chi connectivity index (χ1v) is 7.46. The number of nitrogens with two attached hydrogens (primary N) is 1. The predicted octanol–water partition coefficient (Wildman–Crippen LogP) is 0.241. The number of likely N-dealkylation sites (tertiary alicyclic amines) is 1. The van der Waals surface area contributed by atoms with Crippen molar-refractivity contribution in [2.75, 3.05) is 13.1 Å². The van der Waals surface area contributed by atoms with Crippen molar-refractivity contribution in [1.29, 1.82) is 0 Å². The van der Waals surface area contributed by atoms with Crippen LogP contribution in [0.5, 0.6) is 0 Å². The molecule has 0 spiro atoms. The molecule has 0 aromatic heterocycles. The zero-order valence-corrected chi connectivity index (χ0v) is 11.3. The summed E-state index contributed by atoms with van der Waals surface area (Å²) in [6.45, 7) is 1.59. The van der Waals surface area contributed by atoms with E-state index in [-0.39, 0.29) is 11.8 Å². The molecular weight excluding hydrogens is 242 g/mol. The van der Waals surface area contributed by atoms with E-state index in [0.29, 0.717) is 30.3 Å². The topological polar surface area (TPSA) is 75.4 Å². The van der Waals surface area contributed by atoms with E-state index in [1.807, 2.05) is 4.90 Å². The monoisotopic (exact) mass is 265 g/mol. The first kappa shape index (κ1) is 12.9. The summed E-state index contributed by atoms with van der Waals surface area (Å²) in [5.41, 5.74) is 5.23. The van der Waals surface area contributed by atoms with Crippen LogP contribution < -0.4 is 11.1 Å². The Labute approximate surface area is 113 Å². The van der Waals surface area contributed by atoms with Gasteiger partial charge in [0.1, 0.15) is 0 Å². The lowest BCUT2D eigenvalue weighted by Crippen LogP contribution is -2.45. The number of piperidine rings is 1. The maximum absolute atomic E-state index is 12.5. The number of rotatable bonds is 3. The van der Waals surface area contributed by atoms with E-state index in [1.54, 1.807) is 0 Å². The molecule has 0 aliphatic carbocycles. The molecule has 3 heterocycles. The Hall–Kier alpha value is -1.10. The third kappa shape index (κ3) is 2.61. The number of nitrogens with zero attached hydrogens (tertiary/aromatic N) is 1. The summed E-state index contributed by atoms with van der Waals surface area (Å²) in [6, 6.07) is 0.993. The molecule has 106 valence electrons. The van der Waals surface area contributed by atoms with Crippen LogP contribution in [0.1, 0.15) is 38.5 Å². The van der Waals surface area contributed by atoms with E-state index in [0.717, 1.165) is 38.8 Å². The van der Waals surface area contributed by atoms with Crippen molar-refractivity contribution in [1.82, 2.24) is 10.2 Å². The van der Waals surface area contributed by atoms with Gasteiger partial charge in [-0.15, -0.1) is 0 Å². The number of primary amides is 1. The highest BCUT2D eigenvalue weighted by Gasteiger charge is 2.44. The van der Waals surface area contributed by atoms with Gasteiger partial charge in [0.15, 0.2) is 0 Å². The smallest absolute Gasteiger partial charge is 0.227 e. The second-order valence-electron chi connectivity index (χ2n) is 6.33. The number of carbonyl (C=O) groups excluding carboxylic acids is 2. The van der Waals surface area contributed by atoms with Crippen LogP contribution >= 0.6 is 0 Å². The van der Waals surface area contributed by atoms with Gasteiger partial charge >= 0.3 is 0 Å². The zero-order chi connectivity index (χ0) is 13.4. The number of carbonyl (C=O) groups is 2. The summed E-state index contributed by atoms with van der Waals surface area (Å²) in [7, 11) is 0. The Kier molecular flexibility index (Phi) is 3.48. The molecule has 3 aliphatic heterocycles. The fourth-order valence-corrected chi connectivity index (χ4v) is 3.97. The van der Waals surface area contributed by atoms with Gasteiger partial charge in [-0.1, -0.05) is 0 Å². The van der Waals surface area contributed by atoms with Crippen molar-refractivity contribution in [2.24, 2.45) is 17.6 Å². The molecule has 0 aromatic carbocycles. The predicted molar refractivity (Wildman–Crippen MR) is 71.2 cm³/mol. The Morgan fingerprint density at radius 3 is 2.42 bits per heavy atom. The molecule has 5 heteroatoms. The van der Waals surface area contributed by atoms with Crippen LogP contribution in [-0.4, -0.2) is 41.9 Å². The van der Waals surface area contributed by atoms with Crippen molar-refractivity contribution in [3.8, 4) is 0 Å². The van der Waals surface area contributed by atoms with Crippen molar-refractivity contribution >= 4 is 11.8 Å². The SMILES string of the molecule is NC(=O)CC1CCN(C(=O)C2CC3CCC2N3)CC1. The summed E-state index contributed by atoms with van der Waals surface area (Å²) in [4.78, 5) is 25.4. The molecule has 2 amide bonds. The van der Waals surface area contributed by atoms with E-state index in [2.05, 4.69) is 5.32 Å². The van der Waals surface area contributed by atoms with Crippen molar-refractivity contribution in [3.63, 3.8) is 0 Å². The molecule has 3 fully saturated rings. The molecule has 2 bridgehead atoms. The van der Waals surface area contributed by atoms with Crippen molar-refractivity contribution < 1.29 is 9.59 Å². The van der Waals surface area contributed by atoms with Crippen LogP contribution in [0.3, 0.4) is 0 Å². The molecular formula is C14H23N3O2. The summed E-state index contributed by atoms with van der Waals surface area (Å²) >= 11 is 0. The van der Waals surface area contributed by atoms with Gasteiger partial charge in [0.25, 0.3) is 0 Å². The van der Waals surface area contributed by atoms with Gasteiger partial charge < -0.3 is 16.0 Å². The molecule has 5 nitrogen and oxygen atoms in total. The number of hydrogen-bond donors (Lipinski definition) is 2. The highest BCUT2D eigenvalue weighted by molar-refractivity contribution is 5.80. The van der Waals surface area contributed by atoms with Gasteiger partial charge in [0.05, 0.1) is 5.92 Å². The van der Waals surface area contributed by atoms with Gasteiger partial charge in [0, 0.05) is 31.6 Å². The number of fused-ring (bicyclic) bond motifs is 2. The van der Waals surface area contributed by atoms with E-state index in [9.17, 15) is 9.59 Å². The summed E-state index contributed by atoms with van der Waals surface area (Å²) in [5.74, 6) is 0.686. The lowest BCUT2D eigenvalue weighted by atomic mass is 9.86. The molecule has 3 N–H and O–H groups in total. The van der Waals surface area contributed by atoms with E-state index < -0.39 is 0 Å². The van der Waals surface area contributed by atoms with E-state index in [4.69, 9.17) is 5.73 Å².